The van der Waals surface area contributed by atoms with Gasteiger partial charge in [-0.2, -0.15) is 0 Å². The molecule has 0 aliphatic heterocycles. The first-order valence-electron chi connectivity index (χ1n) is 5.85. The molecule has 1 N–H and O–H groups in total. The van der Waals surface area contributed by atoms with Gasteiger partial charge in [0.15, 0.2) is 18.1 Å². The zero-order valence-electron chi connectivity index (χ0n) is 11.0. The summed E-state index contributed by atoms with van der Waals surface area (Å²) in [7, 11) is 1.52. The van der Waals surface area contributed by atoms with Crippen LogP contribution in [0.3, 0.4) is 0 Å². The lowest BCUT2D eigenvalue weighted by Crippen LogP contribution is -2.34. The molecule has 0 spiro atoms. The van der Waals surface area contributed by atoms with E-state index < -0.39 is 11.9 Å². The maximum Gasteiger partial charge on any atom is 0.325 e. The van der Waals surface area contributed by atoms with Crippen molar-refractivity contribution >= 4 is 11.9 Å². The smallest absolute Gasteiger partial charge is 0.325 e. The van der Waals surface area contributed by atoms with Gasteiger partial charge in [-0.3, -0.25) is 9.59 Å². The van der Waals surface area contributed by atoms with Crippen LogP contribution in [0.5, 0.6) is 11.5 Å². The van der Waals surface area contributed by atoms with Gasteiger partial charge in [0, 0.05) is 0 Å². The van der Waals surface area contributed by atoms with Crippen molar-refractivity contribution in [2.45, 2.75) is 6.92 Å². The van der Waals surface area contributed by atoms with E-state index in [1.54, 1.807) is 31.2 Å². The average Bonchev–Trinajstić information content (AvgIpc) is 2.43. The van der Waals surface area contributed by atoms with E-state index >= 15 is 0 Å². The molecule has 0 unspecified atom stereocenters. The Kier molecular flexibility index (Phi) is 6.21. The Bertz CT molecular complexity index is 433. The summed E-state index contributed by atoms with van der Waals surface area (Å²) in [6.07, 6.45) is 0. The van der Waals surface area contributed by atoms with Crippen molar-refractivity contribution < 1.29 is 23.8 Å². The number of methoxy groups -OCH3 is 1. The van der Waals surface area contributed by atoms with Crippen LogP contribution in [0.15, 0.2) is 24.3 Å². The lowest BCUT2D eigenvalue weighted by molar-refractivity contribution is -0.143. The lowest BCUT2D eigenvalue weighted by Gasteiger charge is -2.10. The predicted molar refractivity (Wildman–Crippen MR) is 68.1 cm³/mol. The van der Waals surface area contributed by atoms with Crippen LogP contribution in [0.1, 0.15) is 6.92 Å². The fourth-order valence-electron chi connectivity index (χ4n) is 1.32. The van der Waals surface area contributed by atoms with Crippen molar-refractivity contribution in [1.82, 2.24) is 5.32 Å². The Labute approximate surface area is 111 Å². The molecule has 0 radical (unpaired) electrons. The first kappa shape index (κ1) is 14.8. The molecule has 6 heteroatoms. The molecule has 19 heavy (non-hydrogen) atoms. The largest absolute Gasteiger partial charge is 0.493 e. The number of para-hydroxylation sites is 2. The number of rotatable bonds is 7. The summed E-state index contributed by atoms with van der Waals surface area (Å²) < 4.78 is 15.0. The maximum absolute atomic E-state index is 11.4. The van der Waals surface area contributed by atoms with E-state index in [0.717, 1.165) is 0 Å². The fourth-order valence-corrected chi connectivity index (χ4v) is 1.32. The average molecular weight is 267 g/mol. The SMILES string of the molecule is CCOC(=O)CNC(=O)COc1ccccc1OC. The molecule has 104 valence electrons. The molecule has 1 aromatic carbocycles. The Hall–Kier alpha value is -2.24. The predicted octanol–water partition coefficient (Wildman–Crippen LogP) is 0.753. The number of amides is 1. The number of esters is 1. The normalized spacial score (nSPS) is 9.58. The molecule has 0 fully saturated rings. The van der Waals surface area contributed by atoms with Gasteiger partial charge >= 0.3 is 5.97 Å². The molecule has 0 heterocycles. The summed E-state index contributed by atoms with van der Waals surface area (Å²) in [5, 5.41) is 2.40. The zero-order chi connectivity index (χ0) is 14.1. The van der Waals surface area contributed by atoms with Crippen LogP contribution < -0.4 is 14.8 Å². The van der Waals surface area contributed by atoms with E-state index in [-0.39, 0.29) is 19.8 Å². The molecule has 0 saturated heterocycles. The third-order valence-corrected chi connectivity index (χ3v) is 2.16. The second-order valence-electron chi connectivity index (χ2n) is 3.52. The van der Waals surface area contributed by atoms with Crippen molar-refractivity contribution in [3.8, 4) is 11.5 Å². The van der Waals surface area contributed by atoms with Crippen LogP contribution >= 0.6 is 0 Å². The molecule has 0 aliphatic carbocycles. The van der Waals surface area contributed by atoms with Gasteiger partial charge in [0.05, 0.1) is 13.7 Å². The maximum atomic E-state index is 11.4. The molecule has 1 aromatic rings. The van der Waals surface area contributed by atoms with Crippen molar-refractivity contribution in [1.29, 1.82) is 0 Å². The lowest BCUT2D eigenvalue weighted by atomic mass is 10.3. The number of nitrogens with one attached hydrogen (secondary N) is 1. The van der Waals surface area contributed by atoms with Gasteiger partial charge in [-0.25, -0.2) is 0 Å². The number of benzene rings is 1. The molecule has 0 saturated carbocycles. The minimum Gasteiger partial charge on any atom is -0.493 e. The minimum atomic E-state index is -0.479. The summed E-state index contributed by atoms with van der Waals surface area (Å²) in [6, 6.07) is 6.99. The van der Waals surface area contributed by atoms with Gasteiger partial charge in [-0.05, 0) is 19.1 Å². The van der Waals surface area contributed by atoms with Crippen LogP contribution in [0.25, 0.3) is 0 Å². The molecule has 0 aliphatic rings. The highest BCUT2D eigenvalue weighted by Gasteiger charge is 2.08. The van der Waals surface area contributed by atoms with E-state index in [1.165, 1.54) is 7.11 Å². The van der Waals surface area contributed by atoms with Crippen LogP contribution in [0.4, 0.5) is 0 Å². The summed E-state index contributed by atoms with van der Waals surface area (Å²) in [5.74, 6) is 0.129. The monoisotopic (exact) mass is 267 g/mol. The summed E-state index contributed by atoms with van der Waals surface area (Å²) in [5.41, 5.74) is 0. The fraction of sp³-hybridized carbons (Fsp3) is 0.385. The zero-order valence-corrected chi connectivity index (χ0v) is 11.0. The number of carbonyl (C=O) groups is 2. The molecule has 0 bridgehead atoms. The third kappa shape index (κ3) is 5.29. The molecule has 6 nitrogen and oxygen atoms in total. The number of hydrogen-bond acceptors (Lipinski definition) is 5. The van der Waals surface area contributed by atoms with Crippen molar-refractivity contribution in [3.63, 3.8) is 0 Å². The molecule has 1 amide bonds. The van der Waals surface area contributed by atoms with E-state index in [1.807, 2.05) is 0 Å². The second-order valence-corrected chi connectivity index (χ2v) is 3.52. The summed E-state index contributed by atoms with van der Waals surface area (Å²) in [4.78, 5) is 22.5. The first-order chi connectivity index (χ1) is 9.17. The van der Waals surface area contributed by atoms with Crippen LogP contribution in [-0.2, 0) is 14.3 Å². The Morgan fingerprint density at radius 2 is 1.89 bits per heavy atom. The highest BCUT2D eigenvalue weighted by atomic mass is 16.5. The van der Waals surface area contributed by atoms with Crippen molar-refractivity contribution in [3.05, 3.63) is 24.3 Å². The summed E-state index contributed by atoms with van der Waals surface area (Å²) >= 11 is 0. The standard InChI is InChI=1S/C13H17NO5/c1-3-18-13(16)8-14-12(15)9-19-11-7-5-4-6-10(11)17-2/h4-7H,3,8-9H2,1-2H3,(H,14,15). The van der Waals surface area contributed by atoms with E-state index in [0.29, 0.717) is 11.5 Å². The van der Waals surface area contributed by atoms with Crippen LogP contribution in [-0.4, -0.2) is 38.7 Å². The van der Waals surface area contributed by atoms with Gasteiger partial charge in [0.25, 0.3) is 5.91 Å². The first-order valence-corrected chi connectivity index (χ1v) is 5.85. The number of carbonyl (C=O) groups excluding carboxylic acids is 2. The molecule has 0 atom stereocenters. The highest BCUT2D eigenvalue weighted by molar-refractivity contribution is 5.82. The third-order valence-electron chi connectivity index (χ3n) is 2.16. The summed E-state index contributed by atoms with van der Waals surface area (Å²) in [6.45, 7) is 1.62. The van der Waals surface area contributed by atoms with Crippen LogP contribution in [0, 0.1) is 0 Å². The van der Waals surface area contributed by atoms with E-state index in [9.17, 15) is 9.59 Å². The Morgan fingerprint density at radius 3 is 2.53 bits per heavy atom. The van der Waals surface area contributed by atoms with Gasteiger partial charge < -0.3 is 19.5 Å². The van der Waals surface area contributed by atoms with Crippen LogP contribution in [0.2, 0.25) is 0 Å². The number of hydrogen-bond donors (Lipinski definition) is 1. The van der Waals surface area contributed by atoms with Gasteiger partial charge in [0.1, 0.15) is 6.54 Å². The molecular weight excluding hydrogens is 250 g/mol. The van der Waals surface area contributed by atoms with E-state index in [2.05, 4.69) is 10.1 Å². The minimum absolute atomic E-state index is 0.165. The molecule has 1 rings (SSSR count). The van der Waals surface area contributed by atoms with E-state index in [4.69, 9.17) is 9.47 Å². The highest BCUT2D eigenvalue weighted by Crippen LogP contribution is 2.25. The topological polar surface area (TPSA) is 73.9 Å². The molecular formula is C13H17NO5. The van der Waals surface area contributed by atoms with Crippen molar-refractivity contribution in [2.75, 3.05) is 26.9 Å². The quantitative estimate of drug-likeness (QED) is 0.738. The Balaban J connectivity index is 2.35. The van der Waals surface area contributed by atoms with Gasteiger partial charge in [0.2, 0.25) is 0 Å². The molecule has 0 aromatic heterocycles. The van der Waals surface area contributed by atoms with Gasteiger partial charge in [-0.1, -0.05) is 12.1 Å². The van der Waals surface area contributed by atoms with Gasteiger partial charge in [-0.15, -0.1) is 0 Å². The van der Waals surface area contributed by atoms with Crippen molar-refractivity contribution in [2.24, 2.45) is 0 Å². The second kappa shape index (κ2) is 7.97. The Morgan fingerprint density at radius 1 is 1.21 bits per heavy atom. The number of ether oxygens (including phenoxy) is 3.